The zero-order chi connectivity index (χ0) is 11.8. The van der Waals surface area contributed by atoms with Crippen molar-refractivity contribution in [2.24, 2.45) is 5.41 Å². The summed E-state index contributed by atoms with van der Waals surface area (Å²) >= 11 is 1.01. The SMILES string of the molecule is CC1(CNC(=O)c2ccc(C(=O)O)s2)CC1. The van der Waals surface area contributed by atoms with Crippen molar-refractivity contribution in [2.45, 2.75) is 19.8 Å². The highest BCUT2D eigenvalue weighted by molar-refractivity contribution is 7.15. The molecule has 1 aliphatic carbocycles. The summed E-state index contributed by atoms with van der Waals surface area (Å²) in [6.45, 7) is 2.80. The largest absolute Gasteiger partial charge is 0.477 e. The highest BCUT2D eigenvalue weighted by Gasteiger charge is 2.37. The van der Waals surface area contributed by atoms with Gasteiger partial charge in [0.1, 0.15) is 4.88 Å². The van der Waals surface area contributed by atoms with E-state index in [9.17, 15) is 9.59 Å². The minimum Gasteiger partial charge on any atom is -0.477 e. The first-order valence-electron chi connectivity index (χ1n) is 5.12. The fourth-order valence-corrected chi connectivity index (χ4v) is 2.11. The van der Waals surface area contributed by atoms with Crippen LogP contribution in [0.1, 0.15) is 39.1 Å². The maximum absolute atomic E-state index is 11.7. The van der Waals surface area contributed by atoms with E-state index in [1.807, 2.05) is 0 Å². The minimum absolute atomic E-state index is 0.175. The molecule has 2 N–H and O–H groups in total. The zero-order valence-electron chi connectivity index (χ0n) is 8.95. The molecule has 0 atom stereocenters. The van der Waals surface area contributed by atoms with Gasteiger partial charge in [-0.15, -0.1) is 11.3 Å². The van der Waals surface area contributed by atoms with Crippen LogP contribution < -0.4 is 5.32 Å². The average molecular weight is 239 g/mol. The number of carbonyl (C=O) groups is 2. The van der Waals surface area contributed by atoms with Gasteiger partial charge in [-0.3, -0.25) is 4.79 Å². The second kappa shape index (κ2) is 3.90. The van der Waals surface area contributed by atoms with Crippen LogP contribution in [-0.2, 0) is 0 Å². The Bertz CT molecular complexity index is 434. The molecule has 1 aromatic heterocycles. The van der Waals surface area contributed by atoms with Gasteiger partial charge in [0.25, 0.3) is 5.91 Å². The van der Waals surface area contributed by atoms with E-state index < -0.39 is 5.97 Å². The van der Waals surface area contributed by atoms with Crippen molar-refractivity contribution in [1.29, 1.82) is 0 Å². The molecule has 0 bridgehead atoms. The van der Waals surface area contributed by atoms with Crippen LogP contribution in [0.15, 0.2) is 12.1 Å². The van der Waals surface area contributed by atoms with E-state index in [2.05, 4.69) is 12.2 Å². The van der Waals surface area contributed by atoms with E-state index in [4.69, 9.17) is 5.11 Å². The first-order chi connectivity index (χ1) is 7.50. The number of thiophene rings is 1. The van der Waals surface area contributed by atoms with Gasteiger partial charge in [-0.2, -0.15) is 0 Å². The van der Waals surface area contributed by atoms with Gasteiger partial charge in [-0.1, -0.05) is 6.92 Å². The lowest BCUT2D eigenvalue weighted by Crippen LogP contribution is -2.28. The lowest BCUT2D eigenvalue weighted by atomic mass is 10.1. The smallest absolute Gasteiger partial charge is 0.345 e. The van der Waals surface area contributed by atoms with Gasteiger partial charge in [-0.05, 0) is 30.4 Å². The molecule has 0 radical (unpaired) electrons. The number of rotatable bonds is 4. The van der Waals surface area contributed by atoms with Gasteiger partial charge < -0.3 is 10.4 Å². The first-order valence-corrected chi connectivity index (χ1v) is 5.93. The minimum atomic E-state index is -0.988. The summed E-state index contributed by atoms with van der Waals surface area (Å²) in [6.07, 6.45) is 2.30. The molecule has 0 unspecified atom stereocenters. The molecule has 86 valence electrons. The van der Waals surface area contributed by atoms with E-state index >= 15 is 0 Å². The molecule has 0 spiro atoms. The Morgan fingerprint density at radius 2 is 2.06 bits per heavy atom. The normalized spacial score (nSPS) is 16.8. The second-order valence-electron chi connectivity index (χ2n) is 4.46. The molecule has 0 aromatic carbocycles. The number of aromatic carboxylic acids is 1. The number of carbonyl (C=O) groups excluding carboxylic acids is 1. The van der Waals surface area contributed by atoms with Gasteiger partial charge in [0.05, 0.1) is 4.88 Å². The first kappa shape index (κ1) is 11.1. The molecule has 1 saturated carbocycles. The van der Waals surface area contributed by atoms with Gasteiger partial charge >= 0.3 is 5.97 Å². The standard InChI is InChI=1S/C11H13NO3S/c1-11(4-5-11)6-12-9(13)7-2-3-8(16-7)10(14)15/h2-3H,4-6H2,1H3,(H,12,13)(H,14,15). The molecule has 1 aromatic rings. The van der Waals surface area contributed by atoms with Crippen molar-refractivity contribution < 1.29 is 14.7 Å². The topological polar surface area (TPSA) is 66.4 Å². The van der Waals surface area contributed by atoms with Crippen molar-refractivity contribution in [1.82, 2.24) is 5.32 Å². The summed E-state index contributed by atoms with van der Waals surface area (Å²) < 4.78 is 0. The number of nitrogens with one attached hydrogen (secondary N) is 1. The predicted octanol–water partition coefficient (Wildman–Crippen LogP) is 1.98. The highest BCUT2D eigenvalue weighted by atomic mass is 32.1. The third-order valence-electron chi connectivity index (χ3n) is 2.82. The number of carboxylic acid groups (broad SMARTS) is 1. The lowest BCUT2D eigenvalue weighted by Gasteiger charge is -2.08. The Balaban J connectivity index is 1.95. The van der Waals surface area contributed by atoms with E-state index in [1.165, 1.54) is 6.07 Å². The quantitative estimate of drug-likeness (QED) is 0.844. The van der Waals surface area contributed by atoms with Crippen LogP contribution in [0.4, 0.5) is 0 Å². The molecule has 16 heavy (non-hydrogen) atoms. The summed E-state index contributed by atoms with van der Waals surface area (Å²) in [5.41, 5.74) is 0.266. The Labute approximate surface area is 97.3 Å². The molecule has 1 heterocycles. The van der Waals surface area contributed by atoms with Crippen LogP contribution >= 0.6 is 11.3 Å². The lowest BCUT2D eigenvalue weighted by molar-refractivity contribution is 0.0702. The molecule has 2 rings (SSSR count). The van der Waals surface area contributed by atoms with Gasteiger partial charge in [0, 0.05) is 6.54 Å². The van der Waals surface area contributed by atoms with Crippen molar-refractivity contribution in [2.75, 3.05) is 6.54 Å². The maximum Gasteiger partial charge on any atom is 0.345 e. The van der Waals surface area contributed by atoms with Crippen LogP contribution in [0.5, 0.6) is 0 Å². The molecular formula is C11H13NO3S. The molecule has 0 saturated heterocycles. The van der Waals surface area contributed by atoms with E-state index in [1.54, 1.807) is 6.07 Å². The third-order valence-corrected chi connectivity index (χ3v) is 3.89. The molecule has 1 amide bonds. The molecular weight excluding hydrogens is 226 g/mol. The monoisotopic (exact) mass is 239 g/mol. The summed E-state index contributed by atoms with van der Waals surface area (Å²) in [5, 5.41) is 11.6. The summed E-state index contributed by atoms with van der Waals surface area (Å²) in [5.74, 6) is -1.16. The molecule has 0 aliphatic heterocycles. The summed E-state index contributed by atoms with van der Waals surface area (Å²) in [6, 6.07) is 3.01. The molecule has 1 aliphatic rings. The van der Waals surface area contributed by atoms with Crippen molar-refractivity contribution in [3.05, 3.63) is 21.9 Å². The number of hydrogen-bond donors (Lipinski definition) is 2. The van der Waals surface area contributed by atoms with E-state index in [0.29, 0.717) is 11.4 Å². The molecule has 5 heteroatoms. The Morgan fingerprint density at radius 3 is 2.56 bits per heavy atom. The fraction of sp³-hybridized carbons (Fsp3) is 0.455. The molecule has 1 fully saturated rings. The highest BCUT2D eigenvalue weighted by Crippen LogP contribution is 2.44. The Hall–Kier alpha value is -1.36. The van der Waals surface area contributed by atoms with Crippen LogP contribution in [-0.4, -0.2) is 23.5 Å². The molecule has 4 nitrogen and oxygen atoms in total. The number of hydrogen-bond acceptors (Lipinski definition) is 3. The van der Waals surface area contributed by atoms with Crippen molar-refractivity contribution in [3.63, 3.8) is 0 Å². The van der Waals surface area contributed by atoms with E-state index in [0.717, 1.165) is 24.2 Å². The Morgan fingerprint density at radius 1 is 1.44 bits per heavy atom. The van der Waals surface area contributed by atoms with Crippen molar-refractivity contribution in [3.8, 4) is 0 Å². The van der Waals surface area contributed by atoms with Gasteiger partial charge in [0.15, 0.2) is 0 Å². The van der Waals surface area contributed by atoms with Crippen LogP contribution in [0.2, 0.25) is 0 Å². The van der Waals surface area contributed by atoms with Crippen LogP contribution in [0, 0.1) is 5.41 Å². The predicted molar refractivity (Wildman–Crippen MR) is 61.0 cm³/mol. The number of amides is 1. The van der Waals surface area contributed by atoms with E-state index in [-0.39, 0.29) is 16.2 Å². The van der Waals surface area contributed by atoms with Gasteiger partial charge in [-0.25, -0.2) is 4.79 Å². The maximum atomic E-state index is 11.7. The van der Waals surface area contributed by atoms with Crippen LogP contribution in [0.3, 0.4) is 0 Å². The summed E-state index contributed by atoms with van der Waals surface area (Å²) in [4.78, 5) is 23.0. The zero-order valence-corrected chi connectivity index (χ0v) is 9.76. The summed E-state index contributed by atoms with van der Waals surface area (Å²) in [7, 11) is 0. The van der Waals surface area contributed by atoms with Gasteiger partial charge in [0.2, 0.25) is 0 Å². The number of carboxylic acids is 1. The fourth-order valence-electron chi connectivity index (χ4n) is 1.35. The third kappa shape index (κ3) is 2.41. The second-order valence-corrected chi connectivity index (χ2v) is 5.55. The Kier molecular flexibility index (Phi) is 2.71. The van der Waals surface area contributed by atoms with Crippen molar-refractivity contribution >= 4 is 23.2 Å². The average Bonchev–Trinajstić information content (AvgIpc) is 2.81. The van der Waals surface area contributed by atoms with Crippen LogP contribution in [0.25, 0.3) is 0 Å².